The van der Waals surface area contributed by atoms with Gasteiger partial charge in [-0.2, -0.15) is 0 Å². The molecular formula is C14H18ClN3O3. The highest BCUT2D eigenvalue weighted by Crippen LogP contribution is 2.26. The van der Waals surface area contributed by atoms with Crippen molar-refractivity contribution in [3.63, 3.8) is 0 Å². The number of amides is 3. The van der Waals surface area contributed by atoms with Crippen molar-refractivity contribution in [3.05, 3.63) is 28.8 Å². The third-order valence-corrected chi connectivity index (χ3v) is 3.84. The van der Waals surface area contributed by atoms with Crippen LogP contribution in [0.1, 0.15) is 23.2 Å². The number of nitrogens with zero attached hydrogens (tertiary/aromatic N) is 1. The minimum atomic E-state index is -0.526. The molecule has 1 saturated heterocycles. The number of rotatable bonds is 3. The number of ether oxygens (including phenoxy) is 1. The van der Waals surface area contributed by atoms with E-state index in [0.29, 0.717) is 42.3 Å². The minimum absolute atomic E-state index is 0.0336. The Kier molecular flexibility index (Phi) is 4.90. The number of carbonyl (C=O) groups excluding carboxylic acids is 2. The largest absolute Gasteiger partial charge is 0.495 e. The second kappa shape index (κ2) is 6.67. The van der Waals surface area contributed by atoms with Crippen molar-refractivity contribution in [3.8, 4) is 5.75 Å². The molecule has 1 aromatic carbocycles. The summed E-state index contributed by atoms with van der Waals surface area (Å²) in [5.41, 5.74) is 5.64. The van der Waals surface area contributed by atoms with E-state index in [4.69, 9.17) is 22.1 Å². The fourth-order valence-corrected chi connectivity index (χ4v) is 2.60. The van der Waals surface area contributed by atoms with Gasteiger partial charge in [0.15, 0.2) is 0 Å². The van der Waals surface area contributed by atoms with Crippen molar-refractivity contribution in [2.75, 3.05) is 20.2 Å². The molecule has 1 aromatic rings. The smallest absolute Gasteiger partial charge is 0.312 e. The second-order valence-electron chi connectivity index (χ2n) is 4.92. The van der Waals surface area contributed by atoms with E-state index in [1.54, 1.807) is 23.1 Å². The van der Waals surface area contributed by atoms with Gasteiger partial charge in [0.05, 0.1) is 12.1 Å². The first-order valence-corrected chi connectivity index (χ1v) is 7.08. The fraction of sp³-hybridized carbons (Fsp3) is 0.429. The Morgan fingerprint density at radius 3 is 2.62 bits per heavy atom. The number of methoxy groups -OCH3 is 1. The van der Waals surface area contributed by atoms with Gasteiger partial charge in [-0.3, -0.25) is 4.79 Å². The number of primary amides is 1. The van der Waals surface area contributed by atoms with Gasteiger partial charge in [0.25, 0.3) is 5.91 Å². The maximum Gasteiger partial charge on any atom is 0.312 e. The van der Waals surface area contributed by atoms with Crippen molar-refractivity contribution >= 4 is 23.5 Å². The number of likely N-dealkylation sites (tertiary alicyclic amines) is 1. The maximum atomic E-state index is 12.4. The van der Waals surface area contributed by atoms with Crippen LogP contribution in [0, 0.1) is 0 Å². The molecule has 1 heterocycles. The molecule has 114 valence electrons. The summed E-state index contributed by atoms with van der Waals surface area (Å²) >= 11 is 5.95. The minimum Gasteiger partial charge on any atom is -0.495 e. The molecule has 1 aliphatic rings. The van der Waals surface area contributed by atoms with Crippen LogP contribution in [-0.4, -0.2) is 43.1 Å². The molecule has 0 aromatic heterocycles. The Hall–Kier alpha value is -1.95. The topological polar surface area (TPSA) is 84.7 Å². The molecular weight excluding hydrogens is 294 g/mol. The zero-order valence-electron chi connectivity index (χ0n) is 11.8. The van der Waals surface area contributed by atoms with Crippen molar-refractivity contribution in [1.29, 1.82) is 0 Å². The van der Waals surface area contributed by atoms with Crippen LogP contribution in [0.25, 0.3) is 0 Å². The van der Waals surface area contributed by atoms with E-state index in [-0.39, 0.29) is 11.9 Å². The van der Waals surface area contributed by atoms with Crippen molar-refractivity contribution < 1.29 is 14.3 Å². The molecule has 1 aliphatic heterocycles. The number of nitrogens with two attached hydrogens (primary N) is 1. The van der Waals surface area contributed by atoms with Crippen molar-refractivity contribution in [2.24, 2.45) is 5.73 Å². The molecule has 0 radical (unpaired) electrons. The molecule has 2 rings (SSSR count). The summed E-state index contributed by atoms with van der Waals surface area (Å²) in [5, 5.41) is 3.14. The molecule has 7 heteroatoms. The lowest BCUT2D eigenvalue weighted by Crippen LogP contribution is -2.47. The summed E-state index contributed by atoms with van der Waals surface area (Å²) in [6.07, 6.45) is 1.39. The Balaban J connectivity index is 2.00. The van der Waals surface area contributed by atoms with E-state index in [0.717, 1.165) is 0 Å². The van der Waals surface area contributed by atoms with Crippen LogP contribution in [0.3, 0.4) is 0 Å². The van der Waals surface area contributed by atoms with Crippen LogP contribution in [0.15, 0.2) is 18.2 Å². The Labute approximate surface area is 128 Å². The molecule has 0 aliphatic carbocycles. The van der Waals surface area contributed by atoms with Crippen LogP contribution in [0.4, 0.5) is 4.79 Å². The number of hydrogen-bond acceptors (Lipinski definition) is 3. The molecule has 0 atom stereocenters. The van der Waals surface area contributed by atoms with E-state index in [1.165, 1.54) is 7.11 Å². The second-order valence-corrected chi connectivity index (χ2v) is 5.33. The lowest BCUT2D eigenvalue weighted by Gasteiger charge is -2.32. The summed E-state index contributed by atoms with van der Waals surface area (Å²) in [5.74, 6) is 0.412. The third kappa shape index (κ3) is 3.78. The number of hydrogen-bond donors (Lipinski definition) is 2. The number of carbonyl (C=O) groups is 2. The molecule has 3 amide bonds. The van der Waals surface area contributed by atoms with Gasteiger partial charge < -0.3 is 20.7 Å². The summed E-state index contributed by atoms with van der Waals surface area (Å²) in [6.45, 7) is 1.16. The number of urea groups is 1. The first-order valence-electron chi connectivity index (χ1n) is 6.70. The normalized spacial score (nSPS) is 15.6. The Morgan fingerprint density at radius 2 is 2.05 bits per heavy atom. The lowest BCUT2D eigenvalue weighted by atomic mass is 10.0. The molecule has 0 spiro atoms. The summed E-state index contributed by atoms with van der Waals surface area (Å²) in [4.78, 5) is 25.0. The standard InChI is InChI=1S/C14H18ClN3O3/c1-21-12-8-9(2-3-11(12)15)13(19)18-6-4-10(5-7-18)17-14(16)20/h2-3,8,10H,4-7H2,1H3,(H3,16,17,20). The van der Waals surface area contributed by atoms with E-state index in [2.05, 4.69) is 5.32 Å². The van der Waals surface area contributed by atoms with Crippen LogP contribution >= 0.6 is 11.6 Å². The van der Waals surface area contributed by atoms with E-state index < -0.39 is 6.03 Å². The number of benzene rings is 1. The quantitative estimate of drug-likeness (QED) is 0.889. The first kappa shape index (κ1) is 15.4. The van der Waals surface area contributed by atoms with E-state index in [1.807, 2.05) is 0 Å². The molecule has 0 bridgehead atoms. The maximum absolute atomic E-state index is 12.4. The molecule has 3 N–H and O–H groups in total. The van der Waals surface area contributed by atoms with Crippen LogP contribution in [-0.2, 0) is 0 Å². The van der Waals surface area contributed by atoms with Gasteiger partial charge >= 0.3 is 6.03 Å². The van der Waals surface area contributed by atoms with Gasteiger partial charge in [-0.15, -0.1) is 0 Å². The van der Waals surface area contributed by atoms with E-state index in [9.17, 15) is 9.59 Å². The number of nitrogens with one attached hydrogen (secondary N) is 1. The van der Waals surface area contributed by atoms with Crippen LogP contribution < -0.4 is 15.8 Å². The first-order chi connectivity index (χ1) is 10.0. The summed E-state index contributed by atoms with van der Waals surface area (Å²) < 4.78 is 5.12. The molecule has 21 heavy (non-hydrogen) atoms. The zero-order valence-corrected chi connectivity index (χ0v) is 12.5. The summed E-state index contributed by atoms with van der Waals surface area (Å²) in [6, 6.07) is 4.47. The average Bonchev–Trinajstić information content (AvgIpc) is 2.47. The zero-order chi connectivity index (χ0) is 15.4. The highest BCUT2D eigenvalue weighted by molar-refractivity contribution is 6.32. The van der Waals surface area contributed by atoms with Gasteiger partial charge in [-0.05, 0) is 31.0 Å². The molecule has 1 fully saturated rings. The van der Waals surface area contributed by atoms with Crippen molar-refractivity contribution in [2.45, 2.75) is 18.9 Å². The lowest BCUT2D eigenvalue weighted by molar-refractivity contribution is 0.0708. The third-order valence-electron chi connectivity index (χ3n) is 3.53. The molecule has 6 nitrogen and oxygen atoms in total. The highest BCUT2D eigenvalue weighted by atomic mass is 35.5. The fourth-order valence-electron chi connectivity index (χ4n) is 2.40. The number of halogens is 1. The Bertz CT molecular complexity index is 542. The molecule has 0 unspecified atom stereocenters. The Morgan fingerprint density at radius 1 is 1.38 bits per heavy atom. The average molecular weight is 312 g/mol. The van der Waals surface area contributed by atoms with Gasteiger partial charge in [0.2, 0.25) is 0 Å². The van der Waals surface area contributed by atoms with Crippen LogP contribution in [0.5, 0.6) is 5.75 Å². The predicted molar refractivity (Wildman–Crippen MR) is 79.6 cm³/mol. The molecule has 0 saturated carbocycles. The van der Waals surface area contributed by atoms with Crippen LogP contribution in [0.2, 0.25) is 5.02 Å². The highest BCUT2D eigenvalue weighted by Gasteiger charge is 2.24. The van der Waals surface area contributed by atoms with Gasteiger partial charge in [0.1, 0.15) is 5.75 Å². The van der Waals surface area contributed by atoms with Gasteiger partial charge in [0, 0.05) is 24.7 Å². The van der Waals surface area contributed by atoms with Crippen molar-refractivity contribution in [1.82, 2.24) is 10.2 Å². The summed E-state index contributed by atoms with van der Waals surface area (Å²) in [7, 11) is 1.51. The number of piperidine rings is 1. The van der Waals surface area contributed by atoms with Gasteiger partial charge in [-0.25, -0.2) is 4.79 Å². The predicted octanol–water partition coefficient (Wildman–Crippen LogP) is 1.62. The van der Waals surface area contributed by atoms with Gasteiger partial charge in [-0.1, -0.05) is 11.6 Å². The SMILES string of the molecule is COc1cc(C(=O)N2CCC(NC(N)=O)CC2)ccc1Cl. The monoisotopic (exact) mass is 311 g/mol. The van der Waals surface area contributed by atoms with E-state index >= 15 is 0 Å².